The van der Waals surface area contributed by atoms with Crippen LogP contribution >= 0.6 is 0 Å². The maximum absolute atomic E-state index is 12.7. The predicted molar refractivity (Wildman–Crippen MR) is 107 cm³/mol. The molecule has 1 aliphatic rings. The Labute approximate surface area is 164 Å². The summed E-state index contributed by atoms with van der Waals surface area (Å²) in [5.74, 6) is 0.843. The molecule has 1 aromatic carbocycles. The lowest BCUT2D eigenvalue weighted by Crippen LogP contribution is -2.35. The van der Waals surface area contributed by atoms with Crippen LogP contribution in [0.2, 0.25) is 0 Å². The first kappa shape index (κ1) is 18.5. The molecule has 2 N–H and O–H groups in total. The van der Waals surface area contributed by atoms with E-state index in [1.807, 2.05) is 42.1 Å². The van der Waals surface area contributed by atoms with Gasteiger partial charge in [0.05, 0.1) is 12.8 Å². The zero-order chi connectivity index (χ0) is 19.3. The van der Waals surface area contributed by atoms with Gasteiger partial charge in [-0.2, -0.15) is 5.10 Å². The van der Waals surface area contributed by atoms with Crippen LogP contribution in [0.1, 0.15) is 39.5 Å². The quantitative estimate of drug-likeness (QED) is 0.663. The summed E-state index contributed by atoms with van der Waals surface area (Å²) in [6.07, 6.45) is 5.27. The fourth-order valence-corrected chi connectivity index (χ4v) is 3.85. The van der Waals surface area contributed by atoms with E-state index in [4.69, 9.17) is 4.42 Å². The Bertz CT molecular complexity index is 916. The average molecular weight is 378 g/mol. The van der Waals surface area contributed by atoms with Crippen molar-refractivity contribution in [1.82, 2.24) is 20.4 Å². The maximum Gasteiger partial charge on any atom is 0.272 e. The van der Waals surface area contributed by atoms with Crippen molar-refractivity contribution in [2.24, 2.45) is 7.05 Å². The number of aryl methyl sites for hydroxylation is 1. The van der Waals surface area contributed by atoms with Crippen LogP contribution in [-0.2, 0) is 32.9 Å². The van der Waals surface area contributed by atoms with Crippen molar-refractivity contribution in [2.45, 2.75) is 38.3 Å². The van der Waals surface area contributed by atoms with E-state index in [0.717, 1.165) is 37.0 Å². The summed E-state index contributed by atoms with van der Waals surface area (Å²) in [6.45, 7) is 1.31. The number of rotatable bonds is 7. The third-order valence-electron chi connectivity index (χ3n) is 5.36. The van der Waals surface area contributed by atoms with Crippen molar-refractivity contribution < 1.29 is 9.21 Å². The van der Waals surface area contributed by atoms with Gasteiger partial charge in [0.1, 0.15) is 5.76 Å². The zero-order valence-corrected chi connectivity index (χ0v) is 16.1. The Kier molecular flexibility index (Phi) is 5.58. The van der Waals surface area contributed by atoms with Crippen molar-refractivity contribution in [3.8, 4) is 0 Å². The highest BCUT2D eigenvalue weighted by molar-refractivity contribution is 5.94. The van der Waals surface area contributed by atoms with E-state index in [1.54, 1.807) is 6.26 Å². The number of benzene rings is 1. The lowest BCUT2D eigenvalue weighted by Gasteiger charge is -2.23. The summed E-state index contributed by atoms with van der Waals surface area (Å²) in [5, 5.41) is 11.1. The molecular formula is C22H26N4O2. The molecule has 0 bridgehead atoms. The predicted octanol–water partition coefficient (Wildman–Crippen LogP) is 2.63. The summed E-state index contributed by atoms with van der Waals surface area (Å²) in [4.78, 5) is 12.7. The second-order valence-corrected chi connectivity index (χ2v) is 7.29. The molecular weight excluding hydrogens is 352 g/mol. The molecule has 6 nitrogen and oxygen atoms in total. The molecule has 6 heteroatoms. The minimum absolute atomic E-state index is 0.0838. The van der Waals surface area contributed by atoms with Crippen LogP contribution in [-0.4, -0.2) is 28.3 Å². The van der Waals surface area contributed by atoms with Gasteiger partial charge in [-0.05, 0) is 43.4 Å². The molecule has 2 heterocycles. The Morgan fingerprint density at radius 1 is 1.25 bits per heavy atom. The van der Waals surface area contributed by atoms with Gasteiger partial charge in [-0.3, -0.25) is 9.48 Å². The topological polar surface area (TPSA) is 72.1 Å². The number of hydrogen-bond acceptors (Lipinski definition) is 4. The number of carbonyl (C=O) groups excluding carboxylic acids is 1. The van der Waals surface area contributed by atoms with E-state index in [0.29, 0.717) is 24.8 Å². The van der Waals surface area contributed by atoms with E-state index in [-0.39, 0.29) is 5.91 Å². The highest BCUT2D eigenvalue weighted by Gasteiger charge is 2.28. The number of amides is 1. The summed E-state index contributed by atoms with van der Waals surface area (Å²) in [5.41, 5.74) is 4.02. The molecule has 0 aliphatic heterocycles. The third kappa shape index (κ3) is 4.17. The number of hydrogen-bond donors (Lipinski definition) is 2. The first-order valence-electron chi connectivity index (χ1n) is 9.83. The highest BCUT2D eigenvalue weighted by atomic mass is 16.3. The van der Waals surface area contributed by atoms with Gasteiger partial charge in [-0.25, -0.2) is 0 Å². The normalized spacial score (nSPS) is 16.0. The Morgan fingerprint density at radius 3 is 2.89 bits per heavy atom. The zero-order valence-electron chi connectivity index (χ0n) is 16.1. The first-order valence-corrected chi connectivity index (χ1v) is 9.83. The molecule has 3 aromatic rings. The van der Waals surface area contributed by atoms with Crippen molar-refractivity contribution in [2.75, 3.05) is 6.54 Å². The van der Waals surface area contributed by atoms with Crippen LogP contribution in [0.15, 0.2) is 53.1 Å². The van der Waals surface area contributed by atoms with E-state index >= 15 is 0 Å². The maximum atomic E-state index is 12.7. The number of fused-ring (bicyclic) bond motifs is 1. The van der Waals surface area contributed by atoms with Gasteiger partial charge in [0.15, 0.2) is 5.69 Å². The lowest BCUT2D eigenvalue weighted by atomic mass is 9.91. The number of nitrogens with zero attached hydrogens (tertiary/aromatic N) is 2. The fraction of sp³-hybridized carbons (Fsp3) is 0.364. The Hall–Kier alpha value is -2.86. The van der Waals surface area contributed by atoms with Gasteiger partial charge in [0.2, 0.25) is 0 Å². The smallest absolute Gasteiger partial charge is 0.272 e. The summed E-state index contributed by atoms with van der Waals surface area (Å²) < 4.78 is 7.26. The number of carbonyl (C=O) groups is 1. The van der Waals surface area contributed by atoms with Crippen LogP contribution in [0.25, 0.3) is 0 Å². The van der Waals surface area contributed by atoms with E-state index in [9.17, 15) is 4.79 Å². The van der Waals surface area contributed by atoms with Gasteiger partial charge in [-0.15, -0.1) is 0 Å². The van der Waals surface area contributed by atoms with Crippen LogP contribution < -0.4 is 10.6 Å². The van der Waals surface area contributed by atoms with Gasteiger partial charge in [-0.1, -0.05) is 30.3 Å². The second-order valence-electron chi connectivity index (χ2n) is 7.29. The first-order chi connectivity index (χ1) is 13.7. The highest BCUT2D eigenvalue weighted by Crippen LogP contribution is 2.24. The molecule has 28 heavy (non-hydrogen) atoms. The monoisotopic (exact) mass is 378 g/mol. The molecule has 0 saturated carbocycles. The SMILES string of the molecule is Cn1nc(C(=O)NCCc2ccccc2)c2c1CCC(NCc1ccco1)C2. The molecule has 146 valence electrons. The van der Waals surface area contributed by atoms with E-state index < -0.39 is 0 Å². The van der Waals surface area contributed by atoms with Crippen LogP contribution in [0, 0.1) is 0 Å². The Morgan fingerprint density at radius 2 is 2.11 bits per heavy atom. The summed E-state index contributed by atoms with van der Waals surface area (Å²) >= 11 is 0. The minimum Gasteiger partial charge on any atom is -0.468 e. The standard InChI is InChI=1S/C22H26N4O2/c1-26-20-10-9-17(24-15-18-8-5-13-28-18)14-19(20)21(25-26)22(27)23-12-11-16-6-3-2-4-7-16/h2-8,13,17,24H,9-12,14-15H2,1H3,(H,23,27). The number of aromatic nitrogens is 2. The van der Waals surface area contributed by atoms with E-state index in [1.165, 1.54) is 11.3 Å². The minimum atomic E-state index is -0.0838. The van der Waals surface area contributed by atoms with Crippen LogP contribution in [0.4, 0.5) is 0 Å². The van der Waals surface area contributed by atoms with Crippen molar-refractivity contribution in [3.63, 3.8) is 0 Å². The molecule has 0 saturated heterocycles. The largest absolute Gasteiger partial charge is 0.468 e. The van der Waals surface area contributed by atoms with Crippen molar-refractivity contribution in [3.05, 3.63) is 77.0 Å². The molecule has 1 amide bonds. The van der Waals surface area contributed by atoms with Gasteiger partial charge >= 0.3 is 0 Å². The van der Waals surface area contributed by atoms with Gasteiger partial charge in [0.25, 0.3) is 5.91 Å². The molecule has 4 rings (SSSR count). The van der Waals surface area contributed by atoms with Gasteiger partial charge in [0, 0.05) is 30.9 Å². The van der Waals surface area contributed by atoms with Crippen molar-refractivity contribution >= 4 is 5.91 Å². The molecule has 1 unspecified atom stereocenters. The van der Waals surface area contributed by atoms with E-state index in [2.05, 4.69) is 27.9 Å². The molecule has 0 radical (unpaired) electrons. The number of nitrogens with one attached hydrogen (secondary N) is 2. The Balaban J connectivity index is 1.38. The molecule has 0 fully saturated rings. The van der Waals surface area contributed by atoms with Crippen LogP contribution in [0.5, 0.6) is 0 Å². The molecule has 1 atom stereocenters. The van der Waals surface area contributed by atoms with Crippen LogP contribution in [0.3, 0.4) is 0 Å². The van der Waals surface area contributed by atoms with Gasteiger partial charge < -0.3 is 15.1 Å². The average Bonchev–Trinajstić information content (AvgIpc) is 3.35. The molecule has 1 aliphatic carbocycles. The molecule has 0 spiro atoms. The lowest BCUT2D eigenvalue weighted by molar-refractivity contribution is 0.0947. The third-order valence-corrected chi connectivity index (χ3v) is 5.36. The summed E-state index contributed by atoms with van der Waals surface area (Å²) in [7, 11) is 1.93. The number of furan rings is 1. The molecule has 2 aromatic heterocycles. The fourth-order valence-electron chi connectivity index (χ4n) is 3.85. The second kappa shape index (κ2) is 8.44. The summed E-state index contributed by atoms with van der Waals surface area (Å²) in [6, 6.07) is 14.4. The van der Waals surface area contributed by atoms with Crippen molar-refractivity contribution in [1.29, 1.82) is 0 Å².